The van der Waals surface area contributed by atoms with E-state index in [0.29, 0.717) is 12.1 Å². The van der Waals surface area contributed by atoms with E-state index in [9.17, 15) is 26.3 Å². The molecule has 0 heterocycles. The summed E-state index contributed by atoms with van der Waals surface area (Å²) in [5, 5.41) is 0. The van der Waals surface area contributed by atoms with E-state index in [1.165, 1.54) is 0 Å². The Morgan fingerprint density at radius 2 is 1.00 bits per heavy atom. The molecule has 0 saturated heterocycles. The van der Waals surface area contributed by atoms with Crippen molar-refractivity contribution >= 4 is 31.9 Å². The van der Waals surface area contributed by atoms with Gasteiger partial charge in [0.15, 0.2) is 0 Å². The summed E-state index contributed by atoms with van der Waals surface area (Å²) in [7, 11) is 0. The third kappa shape index (κ3) is 4.92. The first-order chi connectivity index (χ1) is 7.98. The standard InChI is InChI=1S/C8H2Br2F6O2/c9-3-1-5(17-7(11,12)13)4(10)2-6(3)18-8(14,15)16/h1-2H. The van der Waals surface area contributed by atoms with Crippen LogP contribution in [0.3, 0.4) is 0 Å². The van der Waals surface area contributed by atoms with Crippen molar-refractivity contribution < 1.29 is 35.8 Å². The first-order valence-corrected chi connectivity index (χ1v) is 5.57. The van der Waals surface area contributed by atoms with Gasteiger partial charge in [0.2, 0.25) is 0 Å². The molecule has 2 nitrogen and oxygen atoms in total. The van der Waals surface area contributed by atoms with E-state index in [2.05, 4.69) is 41.3 Å². The molecule has 0 saturated carbocycles. The summed E-state index contributed by atoms with van der Waals surface area (Å²) in [4.78, 5) is 0. The molecular formula is C8H2Br2F6O2. The van der Waals surface area contributed by atoms with Gasteiger partial charge in [0.05, 0.1) is 8.95 Å². The molecule has 10 heteroatoms. The van der Waals surface area contributed by atoms with E-state index >= 15 is 0 Å². The van der Waals surface area contributed by atoms with Crippen LogP contribution < -0.4 is 9.47 Å². The molecule has 1 aromatic carbocycles. The van der Waals surface area contributed by atoms with Crippen LogP contribution in [-0.2, 0) is 0 Å². The van der Waals surface area contributed by atoms with Crippen LogP contribution in [0.2, 0.25) is 0 Å². The highest BCUT2D eigenvalue weighted by Gasteiger charge is 2.34. The van der Waals surface area contributed by atoms with E-state index in [1.54, 1.807) is 0 Å². The normalized spacial score (nSPS) is 12.4. The second-order valence-corrected chi connectivity index (χ2v) is 4.52. The van der Waals surface area contributed by atoms with Crippen molar-refractivity contribution in [1.29, 1.82) is 0 Å². The Labute approximate surface area is 113 Å². The van der Waals surface area contributed by atoms with Gasteiger partial charge in [0.25, 0.3) is 0 Å². The van der Waals surface area contributed by atoms with Crippen LogP contribution in [0.25, 0.3) is 0 Å². The molecule has 0 amide bonds. The fraction of sp³-hybridized carbons (Fsp3) is 0.250. The van der Waals surface area contributed by atoms with Crippen molar-refractivity contribution in [1.82, 2.24) is 0 Å². The number of hydrogen-bond donors (Lipinski definition) is 0. The maximum absolute atomic E-state index is 12.0. The third-order valence-electron chi connectivity index (χ3n) is 1.44. The number of benzene rings is 1. The summed E-state index contributed by atoms with van der Waals surface area (Å²) in [6.45, 7) is 0. The van der Waals surface area contributed by atoms with E-state index in [1.807, 2.05) is 0 Å². The minimum atomic E-state index is -4.95. The van der Waals surface area contributed by atoms with Crippen molar-refractivity contribution in [3.63, 3.8) is 0 Å². The van der Waals surface area contributed by atoms with Crippen LogP contribution in [0.5, 0.6) is 11.5 Å². The van der Waals surface area contributed by atoms with Crippen molar-refractivity contribution in [2.45, 2.75) is 12.7 Å². The van der Waals surface area contributed by atoms with E-state index in [4.69, 9.17) is 0 Å². The fourth-order valence-corrected chi connectivity index (χ4v) is 1.72. The van der Waals surface area contributed by atoms with E-state index in [0.717, 1.165) is 0 Å². The van der Waals surface area contributed by atoms with Gasteiger partial charge in [-0.05, 0) is 44.0 Å². The summed E-state index contributed by atoms with van der Waals surface area (Å²) in [6, 6.07) is 1.41. The molecule has 1 aromatic rings. The van der Waals surface area contributed by atoms with Gasteiger partial charge in [-0.1, -0.05) is 0 Å². The maximum Gasteiger partial charge on any atom is 0.573 e. The average molecular weight is 404 g/mol. The van der Waals surface area contributed by atoms with Gasteiger partial charge in [-0.15, -0.1) is 26.3 Å². The molecule has 0 fully saturated rings. The highest BCUT2D eigenvalue weighted by Crippen LogP contribution is 2.40. The Morgan fingerprint density at radius 1 is 0.722 bits per heavy atom. The summed E-state index contributed by atoms with van der Waals surface area (Å²) >= 11 is 5.30. The topological polar surface area (TPSA) is 18.5 Å². The Hall–Kier alpha value is -0.640. The first kappa shape index (κ1) is 15.4. The molecule has 0 aromatic heterocycles. The maximum atomic E-state index is 12.0. The molecule has 0 radical (unpaired) electrons. The molecule has 102 valence electrons. The quantitative estimate of drug-likeness (QED) is 0.646. The number of alkyl halides is 6. The lowest BCUT2D eigenvalue weighted by Crippen LogP contribution is -2.19. The second kappa shape index (κ2) is 5.16. The number of ether oxygens (including phenoxy) is 2. The molecule has 0 aliphatic carbocycles. The number of hydrogen-bond acceptors (Lipinski definition) is 2. The zero-order valence-electron chi connectivity index (χ0n) is 7.99. The molecule has 0 aliphatic heterocycles. The van der Waals surface area contributed by atoms with Gasteiger partial charge in [-0.3, -0.25) is 0 Å². The van der Waals surface area contributed by atoms with E-state index < -0.39 is 24.2 Å². The summed E-state index contributed by atoms with van der Waals surface area (Å²) in [5.74, 6) is -1.38. The van der Waals surface area contributed by atoms with Gasteiger partial charge in [-0.2, -0.15) is 0 Å². The Bertz CT molecular complexity index is 401. The van der Waals surface area contributed by atoms with Crippen LogP contribution in [-0.4, -0.2) is 12.7 Å². The Balaban J connectivity index is 3.05. The van der Waals surface area contributed by atoms with Crippen LogP contribution in [0.15, 0.2) is 21.1 Å². The van der Waals surface area contributed by atoms with E-state index in [-0.39, 0.29) is 8.95 Å². The van der Waals surface area contributed by atoms with Crippen LogP contribution in [0.1, 0.15) is 0 Å². The highest BCUT2D eigenvalue weighted by molar-refractivity contribution is 9.11. The summed E-state index contributed by atoms with van der Waals surface area (Å²) < 4.78 is 78.2. The van der Waals surface area contributed by atoms with Gasteiger partial charge in [0, 0.05) is 0 Å². The second-order valence-electron chi connectivity index (χ2n) is 2.81. The monoisotopic (exact) mass is 402 g/mol. The minimum absolute atomic E-state index is 0.331. The van der Waals surface area contributed by atoms with Crippen molar-refractivity contribution in [2.75, 3.05) is 0 Å². The third-order valence-corrected chi connectivity index (χ3v) is 2.68. The molecular weight excluding hydrogens is 402 g/mol. The Morgan fingerprint density at radius 3 is 1.22 bits per heavy atom. The number of rotatable bonds is 2. The molecule has 0 bridgehead atoms. The van der Waals surface area contributed by atoms with Gasteiger partial charge in [-0.25, -0.2) is 0 Å². The summed E-state index contributed by atoms with van der Waals surface area (Å²) in [5.41, 5.74) is 0. The zero-order valence-corrected chi connectivity index (χ0v) is 11.2. The molecule has 0 atom stereocenters. The first-order valence-electron chi connectivity index (χ1n) is 3.98. The summed E-state index contributed by atoms with van der Waals surface area (Å²) in [6.07, 6.45) is -9.90. The lowest BCUT2D eigenvalue weighted by molar-refractivity contribution is -0.277. The molecule has 0 aliphatic rings. The van der Waals surface area contributed by atoms with Crippen LogP contribution >= 0.6 is 31.9 Å². The zero-order chi connectivity index (χ0) is 14.1. The largest absolute Gasteiger partial charge is 0.573 e. The average Bonchev–Trinajstić information content (AvgIpc) is 2.08. The van der Waals surface area contributed by atoms with Crippen molar-refractivity contribution in [2.24, 2.45) is 0 Å². The van der Waals surface area contributed by atoms with Crippen LogP contribution in [0, 0.1) is 0 Å². The highest BCUT2D eigenvalue weighted by atomic mass is 79.9. The van der Waals surface area contributed by atoms with Gasteiger partial charge < -0.3 is 9.47 Å². The molecule has 0 N–H and O–H groups in total. The predicted octanol–water partition coefficient (Wildman–Crippen LogP) is 5.01. The van der Waals surface area contributed by atoms with Gasteiger partial charge in [0.1, 0.15) is 11.5 Å². The van der Waals surface area contributed by atoms with Gasteiger partial charge >= 0.3 is 12.7 Å². The SMILES string of the molecule is FC(F)(F)Oc1cc(Br)c(OC(F)(F)F)cc1Br. The smallest absolute Gasteiger partial charge is 0.405 e. The number of halogens is 8. The minimum Gasteiger partial charge on any atom is -0.405 e. The predicted molar refractivity (Wildman–Crippen MR) is 55.2 cm³/mol. The van der Waals surface area contributed by atoms with Crippen molar-refractivity contribution in [3.8, 4) is 11.5 Å². The molecule has 0 spiro atoms. The molecule has 1 rings (SSSR count). The van der Waals surface area contributed by atoms with Crippen LogP contribution in [0.4, 0.5) is 26.3 Å². The Kier molecular flexibility index (Phi) is 4.42. The fourth-order valence-electron chi connectivity index (χ4n) is 0.916. The lowest BCUT2D eigenvalue weighted by atomic mass is 10.3. The lowest BCUT2D eigenvalue weighted by Gasteiger charge is -2.14. The molecule has 0 unspecified atom stereocenters. The molecule has 18 heavy (non-hydrogen) atoms. The van der Waals surface area contributed by atoms with Crippen molar-refractivity contribution in [3.05, 3.63) is 21.1 Å².